The molecule has 0 aromatic carbocycles. The minimum absolute atomic E-state index is 0.488. The van der Waals surface area contributed by atoms with Gasteiger partial charge < -0.3 is 5.32 Å². The molecule has 2 unspecified atom stereocenters. The zero-order valence-electron chi connectivity index (χ0n) is 8.29. The highest BCUT2D eigenvalue weighted by Gasteiger charge is 2.18. The summed E-state index contributed by atoms with van der Waals surface area (Å²) < 4.78 is 0. The first kappa shape index (κ1) is 9.90. The molecule has 1 N–H and O–H groups in total. The molecule has 70 valence electrons. The lowest BCUT2D eigenvalue weighted by Gasteiger charge is -2.24. The molecular weight excluding hydrogens is 168 g/mol. The van der Waals surface area contributed by atoms with Gasteiger partial charge in [-0.1, -0.05) is 18.7 Å². The molecule has 1 rings (SSSR count). The normalized spacial score (nSPS) is 30.2. The Morgan fingerprint density at radius 1 is 1.50 bits per heavy atom. The van der Waals surface area contributed by atoms with Crippen LogP contribution >= 0.6 is 11.8 Å². The molecule has 3 heteroatoms. The van der Waals surface area contributed by atoms with E-state index in [1.165, 1.54) is 6.42 Å². The van der Waals surface area contributed by atoms with E-state index in [-0.39, 0.29) is 0 Å². The largest absolute Gasteiger partial charge is 0.363 e. The summed E-state index contributed by atoms with van der Waals surface area (Å²) in [5, 5.41) is 5.18. The molecule has 1 heterocycles. The van der Waals surface area contributed by atoms with Crippen LogP contribution in [-0.4, -0.2) is 22.5 Å². The molecule has 1 aliphatic rings. The average molecular weight is 186 g/mol. The molecule has 0 radical (unpaired) electrons. The molecule has 2 nitrogen and oxygen atoms in total. The van der Waals surface area contributed by atoms with Crippen molar-refractivity contribution < 1.29 is 0 Å². The van der Waals surface area contributed by atoms with Crippen molar-refractivity contribution in [3.63, 3.8) is 0 Å². The molecule has 0 bridgehead atoms. The number of thioether (sulfide) groups is 1. The zero-order chi connectivity index (χ0) is 9.14. The highest BCUT2D eigenvalue weighted by atomic mass is 32.2. The molecule has 0 saturated carbocycles. The lowest BCUT2D eigenvalue weighted by Crippen LogP contribution is -2.33. The highest BCUT2D eigenvalue weighted by molar-refractivity contribution is 8.14. The van der Waals surface area contributed by atoms with Crippen LogP contribution < -0.4 is 5.32 Å². The van der Waals surface area contributed by atoms with Gasteiger partial charge in [-0.05, 0) is 27.2 Å². The second-order valence-corrected chi connectivity index (χ2v) is 5.17. The Labute approximate surface area is 79.2 Å². The van der Waals surface area contributed by atoms with Crippen molar-refractivity contribution in [2.24, 2.45) is 4.99 Å². The third-order valence-electron chi connectivity index (χ3n) is 1.74. The van der Waals surface area contributed by atoms with E-state index in [1.807, 2.05) is 11.8 Å². The topological polar surface area (TPSA) is 24.4 Å². The van der Waals surface area contributed by atoms with Crippen molar-refractivity contribution in [3.05, 3.63) is 0 Å². The minimum Gasteiger partial charge on any atom is -0.363 e. The predicted molar refractivity (Wildman–Crippen MR) is 56.8 cm³/mol. The Morgan fingerprint density at radius 2 is 2.17 bits per heavy atom. The smallest absolute Gasteiger partial charge is 0.157 e. The highest BCUT2D eigenvalue weighted by Crippen LogP contribution is 2.23. The summed E-state index contributed by atoms with van der Waals surface area (Å²) in [6, 6.07) is 0.983. The van der Waals surface area contributed by atoms with Gasteiger partial charge >= 0.3 is 0 Å². The Morgan fingerprint density at radius 3 is 2.67 bits per heavy atom. The van der Waals surface area contributed by atoms with Crippen molar-refractivity contribution >= 4 is 16.9 Å². The van der Waals surface area contributed by atoms with Crippen LogP contribution in [0.5, 0.6) is 0 Å². The van der Waals surface area contributed by atoms with Crippen LogP contribution in [0.4, 0.5) is 0 Å². The van der Waals surface area contributed by atoms with Crippen molar-refractivity contribution in [3.8, 4) is 0 Å². The Hall–Kier alpha value is -0.180. The number of nitrogens with one attached hydrogen (secondary N) is 1. The quantitative estimate of drug-likeness (QED) is 0.679. The van der Waals surface area contributed by atoms with E-state index in [0.29, 0.717) is 17.3 Å². The van der Waals surface area contributed by atoms with Gasteiger partial charge in [0, 0.05) is 11.3 Å². The average Bonchev–Trinajstić information content (AvgIpc) is 1.81. The van der Waals surface area contributed by atoms with Crippen LogP contribution in [0.1, 0.15) is 34.1 Å². The lowest BCUT2D eigenvalue weighted by atomic mass is 10.2. The van der Waals surface area contributed by atoms with E-state index in [1.54, 1.807) is 0 Å². The third kappa shape index (κ3) is 3.05. The second kappa shape index (κ2) is 4.17. The first-order chi connectivity index (χ1) is 5.58. The van der Waals surface area contributed by atoms with Crippen LogP contribution in [0.3, 0.4) is 0 Å². The second-order valence-electron chi connectivity index (χ2n) is 3.75. The molecule has 0 aromatic rings. The molecule has 12 heavy (non-hydrogen) atoms. The summed E-state index contributed by atoms with van der Waals surface area (Å²) in [4.78, 5) is 4.54. The van der Waals surface area contributed by atoms with Gasteiger partial charge in [0.1, 0.15) is 0 Å². The molecule has 2 atom stereocenters. The molecule has 0 fully saturated rings. The van der Waals surface area contributed by atoms with E-state index < -0.39 is 0 Å². The van der Waals surface area contributed by atoms with E-state index in [9.17, 15) is 0 Å². The summed E-state index contributed by atoms with van der Waals surface area (Å²) in [7, 11) is 0. The summed E-state index contributed by atoms with van der Waals surface area (Å²) in [6.07, 6.45) is 1.20. The van der Waals surface area contributed by atoms with Crippen molar-refractivity contribution in [2.75, 3.05) is 0 Å². The minimum atomic E-state index is 0.488. The van der Waals surface area contributed by atoms with E-state index in [4.69, 9.17) is 0 Å². The van der Waals surface area contributed by atoms with Crippen molar-refractivity contribution in [2.45, 2.75) is 51.4 Å². The van der Waals surface area contributed by atoms with Gasteiger partial charge in [0.2, 0.25) is 0 Å². The van der Waals surface area contributed by atoms with Gasteiger partial charge in [-0.2, -0.15) is 0 Å². The fraction of sp³-hybridized carbons (Fsp3) is 0.889. The van der Waals surface area contributed by atoms with Gasteiger partial charge in [-0.15, -0.1) is 0 Å². The number of hydrogen-bond acceptors (Lipinski definition) is 3. The van der Waals surface area contributed by atoms with Gasteiger partial charge in [-0.3, -0.25) is 4.99 Å². The summed E-state index contributed by atoms with van der Waals surface area (Å²) in [5.74, 6) is 0. The lowest BCUT2D eigenvalue weighted by molar-refractivity contribution is 0.646. The van der Waals surface area contributed by atoms with Crippen LogP contribution in [0.2, 0.25) is 0 Å². The maximum atomic E-state index is 4.54. The number of nitrogens with zero attached hydrogens (tertiary/aromatic N) is 1. The summed E-state index contributed by atoms with van der Waals surface area (Å²) in [6.45, 7) is 8.73. The molecular formula is C9H18N2S. The van der Waals surface area contributed by atoms with Crippen molar-refractivity contribution in [1.82, 2.24) is 5.32 Å². The van der Waals surface area contributed by atoms with Gasteiger partial charge in [-0.25, -0.2) is 0 Å². The molecule has 0 spiro atoms. The molecule has 0 saturated heterocycles. The predicted octanol–water partition coefficient (Wildman–Crippen LogP) is 2.25. The number of aliphatic imine (C=N–C) groups is 1. The maximum Gasteiger partial charge on any atom is 0.157 e. The maximum absolute atomic E-state index is 4.54. The van der Waals surface area contributed by atoms with Crippen molar-refractivity contribution in [1.29, 1.82) is 0 Å². The standard InChI is InChI=1S/C9H18N2S/c1-6(2)10-9-11-7(3)5-8(4)12-9/h6-8H,5H2,1-4H3,(H,10,11). The first-order valence-corrected chi connectivity index (χ1v) is 5.47. The van der Waals surface area contributed by atoms with Gasteiger partial charge in [0.05, 0.1) is 6.04 Å². The summed E-state index contributed by atoms with van der Waals surface area (Å²) >= 11 is 1.86. The molecule has 1 aliphatic heterocycles. The first-order valence-electron chi connectivity index (χ1n) is 4.59. The van der Waals surface area contributed by atoms with Crippen LogP contribution in [0, 0.1) is 0 Å². The van der Waals surface area contributed by atoms with Crippen LogP contribution in [-0.2, 0) is 0 Å². The van der Waals surface area contributed by atoms with E-state index in [0.717, 1.165) is 5.17 Å². The number of rotatable bonds is 1. The Kier molecular flexibility index (Phi) is 3.44. The Bertz CT molecular complexity index is 177. The molecule has 0 aromatic heterocycles. The number of amidine groups is 1. The van der Waals surface area contributed by atoms with Gasteiger partial charge in [0.25, 0.3) is 0 Å². The van der Waals surface area contributed by atoms with E-state index in [2.05, 4.69) is 38.0 Å². The molecule has 0 aliphatic carbocycles. The van der Waals surface area contributed by atoms with Crippen LogP contribution in [0.25, 0.3) is 0 Å². The van der Waals surface area contributed by atoms with E-state index >= 15 is 0 Å². The molecule has 0 amide bonds. The SMILES string of the molecule is CC1CC(C)SC(NC(C)C)=N1. The van der Waals surface area contributed by atoms with Gasteiger partial charge in [0.15, 0.2) is 5.17 Å². The monoisotopic (exact) mass is 186 g/mol. The third-order valence-corrected chi connectivity index (χ3v) is 2.78. The fourth-order valence-electron chi connectivity index (χ4n) is 1.32. The number of hydrogen-bond donors (Lipinski definition) is 1. The Balaban J connectivity index is 2.51. The summed E-state index contributed by atoms with van der Waals surface area (Å²) in [5.41, 5.74) is 0. The van der Waals surface area contributed by atoms with Crippen LogP contribution in [0.15, 0.2) is 4.99 Å². The fourth-order valence-corrected chi connectivity index (χ4v) is 2.62. The zero-order valence-corrected chi connectivity index (χ0v) is 9.11.